The minimum Gasteiger partial charge on any atom is -0.546 e. The van der Waals surface area contributed by atoms with Gasteiger partial charge in [-0.15, -0.1) is 0 Å². The van der Waals surface area contributed by atoms with Crippen LogP contribution >= 0.6 is 0 Å². The van der Waals surface area contributed by atoms with Gasteiger partial charge in [0.1, 0.15) is 12.4 Å². The van der Waals surface area contributed by atoms with Gasteiger partial charge in [0, 0.05) is 0 Å². The Hall–Kier alpha value is -0.590. The molecule has 1 fully saturated rings. The maximum absolute atomic E-state index is 10.7. The van der Waals surface area contributed by atoms with Crippen LogP contribution < -0.4 is 39.4 Å². The van der Waals surface area contributed by atoms with E-state index < -0.39 is 12.6 Å². The number of hydrogen-bond donors (Lipinski definition) is 2. The average Bonchev–Trinajstić information content (AvgIpc) is 2.97. The molecule has 0 amide bonds. The maximum Gasteiger partial charge on any atom is 1.00 e. The fraction of sp³-hybridized carbons (Fsp3) is 0.696. The Morgan fingerprint density at radius 3 is 2.79 bits per heavy atom. The van der Waals surface area contributed by atoms with E-state index in [1.807, 2.05) is 12.1 Å². The zero-order valence-electron chi connectivity index (χ0n) is 17.8. The van der Waals surface area contributed by atoms with Gasteiger partial charge in [0.25, 0.3) is 0 Å². The van der Waals surface area contributed by atoms with Gasteiger partial charge in [0.05, 0.1) is 18.2 Å². The Morgan fingerprint density at radius 2 is 2.07 bits per heavy atom. The minimum atomic E-state index is -1.22. The third-order valence-corrected chi connectivity index (χ3v) is 6.67. The van der Waals surface area contributed by atoms with Crippen LogP contribution in [0.15, 0.2) is 18.2 Å². The molecule has 2 N–H and O–H groups in total. The van der Waals surface area contributed by atoms with Crippen LogP contribution in [0.3, 0.4) is 0 Å². The topological polar surface area (TPSA) is 89.8 Å². The van der Waals surface area contributed by atoms with Crippen molar-refractivity contribution in [2.75, 3.05) is 6.61 Å². The third kappa shape index (κ3) is 6.44. The molecule has 0 heterocycles. The summed E-state index contributed by atoms with van der Waals surface area (Å²) in [6.45, 7) is 1.73. The quantitative estimate of drug-likeness (QED) is 0.390. The second-order valence-electron chi connectivity index (χ2n) is 8.58. The van der Waals surface area contributed by atoms with Crippen LogP contribution in [0.1, 0.15) is 63.0 Å². The first-order valence-electron chi connectivity index (χ1n) is 10.8. The Kier molecular flexibility index (Phi) is 9.96. The van der Waals surface area contributed by atoms with Gasteiger partial charge < -0.3 is 24.9 Å². The average molecular weight is 413 g/mol. The number of carboxylic acids is 1. The Labute approximate surface area is 196 Å². The molecular formula is C23H33NaO5. The Morgan fingerprint density at radius 1 is 1.28 bits per heavy atom. The van der Waals surface area contributed by atoms with Crippen molar-refractivity contribution in [3.8, 4) is 5.75 Å². The second kappa shape index (κ2) is 11.7. The molecule has 156 valence electrons. The second-order valence-corrected chi connectivity index (χ2v) is 8.58. The van der Waals surface area contributed by atoms with Crippen LogP contribution in [0.2, 0.25) is 0 Å². The monoisotopic (exact) mass is 412 g/mol. The van der Waals surface area contributed by atoms with Gasteiger partial charge >= 0.3 is 29.6 Å². The minimum absolute atomic E-state index is 0. The molecule has 0 aliphatic heterocycles. The molecule has 2 aliphatic rings. The van der Waals surface area contributed by atoms with Gasteiger partial charge in [-0.1, -0.05) is 38.3 Å². The molecule has 1 aromatic carbocycles. The number of fused-ring (bicyclic) bond motifs is 2. The molecule has 0 radical (unpaired) electrons. The van der Waals surface area contributed by atoms with E-state index in [1.54, 1.807) is 0 Å². The van der Waals surface area contributed by atoms with Crippen molar-refractivity contribution in [1.82, 2.24) is 0 Å². The molecule has 3 rings (SSSR count). The normalized spacial score (nSPS) is 26.2. The summed E-state index contributed by atoms with van der Waals surface area (Å²) in [5, 5.41) is 31.7. The van der Waals surface area contributed by atoms with Crippen LogP contribution in [0.5, 0.6) is 5.75 Å². The molecule has 0 spiro atoms. The van der Waals surface area contributed by atoms with E-state index in [0.717, 1.165) is 63.4 Å². The summed E-state index contributed by atoms with van der Waals surface area (Å²) in [4.78, 5) is 10.7. The number of benzene rings is 1. The van der Waals surface area contributed by atoms with Crippen LogP contribution in [0.4, 0.5) is 0 Å². The third-order valence-electron chi connectivity index (χ3n) is 6.67. The molecule has 5 atom stereocenters. The van der Waals surface area contributed by atoms with Crippen LogP contribution in [-0.4, -0.2) is 35.0 Å². The van der Waals surface area contributed by atoms with Crippen molar-refractivity contribution in [2.24, 2.45) is 17.8 Å². The van der Waals surface area contributed by atoms with Gasteiger partial charge in [0.2, 0.25) is 0 Å². The number of unbranched alkanes of at least 4 members (excludes halogenated alkanes) is 2. The van der Waals surface area contributed by atoms with Gasteiger partial charge in [-0.2, -0.15) is 0 Å². The zero-order valence-corrected chi connectivity index (χ0v) is 19.8. The molecule has 0 saturated heterocycles. The van der Waals surface area contributed by atoms with Crippen LogP contribution in [0, 0.1) is 17.8 Å². The summed E-state index contributed by atoms with van der Waals surface area (Å²) in [6, 6.07) is 5.80. The predicted molar refractivity (Wildman–Crippen MR) is 105 cm³/mol. The summed E-state index contributed by atoms with van der Waals surface area (Å²) < 4.78 is 5.44. The van der Waals surface area contributed by atoms with E-state index in [9.17, 15) is 20.1 Å². The number of carboxylic acid groups (broad SMARTS) is 1. The number of hydrogen-bond acceptors (Lipinski definition) is 5. The zero-order chi connectivity index (χ0) is 20.1. The SMILES string of the molecule is CCCCCC(O)CCC1C(O)CC2Cc3c(cccc3OCC(=O)[O-])CC21.[Na+]. The van der Waals surface area contributed by atoms with E-state index >= 15 is 0 Å². The molecule has 5 unspecified atom stereocenters. The molecule has 29 heavy (non-hydrogen) atoms. The van der Waals surface area contributed by atoms with Gasteiger partial charge in [-0.3, -0.25) is 0 Å². The number of aliphatic hydroxyl groups is 2. The smallest absolute Gasteiger partial charge is 0.546 e. The van der Waals surface area contributed by atoms with E-state index in [-0.39, 0.29) is 47.7 Å². The van der Waals surface area contributed by atoms with Crippen molar-refractivity contribution >= 4 is 5.97 Å². The molecular weight excluding hydrogens is 379 g/mol. The fourth-order valence-electron chi connectivity index (χ4n) is 5.24. The number of ether oxygens (including phenoxy) is 1. The molecule has 2 aliphatic carbocycles. The fourth-order valence-corrected chi connectivity index (χ4v) is 5.24. The molecule has 0 bridgehead atoms. The summed E-state index contributed by atoms with van der Waals surface area (Å²) in [6.07, 6.45) is 7.76. The van der Waals surface area contributed by atoms with Gasteiger partial charge in [-0.25, -0.2) is 0 Å². The standard InChI is InChI=1S/C23H34O5.Na/c1-2-3-4-7-17(24)9-10-18-19-11-15-6-5-8-22(28-14-23(26)27)20(15)12-16(19)13-21(18)25;/h5-6,8,16-19,21,24-25H,2-4,7,9-14H2,1H3,(H,26,27);/q;+1/p-1. The van der Waals surface area contributed by atoms with E-state index in [1.165, 1.54) is 5.56 Å². The van der Waals surface area contributed by atoms with Crippen LogP contribution in [0.25, 0.3) is 0 Å². The number of aliphatic carboxylic acids is 1. The molecule has 6 heteroatoms. The van der Waals surface area contributed by atoms with Crippen molar-refractivity contribution in [3.63, 3.8) is 0 Å². The summed E-state index contributed by atoms with van der Waals surface area (Å²) in [5.41, 5.74) is 2.28. The van der Waals surface area contributed by atoms with Gasteiger partial charge in [-0.05, 0) is 73.5 Å². The maximum atomic E-state index is 10.7. The number of aliphatic hydroxyl groups excluding tert-OH is 2. The van der Waals surface area contributed by atoms with Crippen molar-refractivity contribution in [3.05, 3.63) is 29.3 Å². The summed E-state index contributed by atoms with van der Waals surface area (Å²) in [5.74, 6) is 0.440. The first-order valence-corrected chi connectivity index (χ1v) is 10.8. The Bertz CT molecular complexity index is 665. The molecule has 5 nitrogen and oxygen atoms in total. The van der Waals surface area contributed by atoms with Crippen LogP contribution in [-0.2, 0) is 17.6 Å². The van der Waals surface area contributed by atoms with Crippen molar-refractivity contribution < 1.29 is 54.4 Å². The van der Waals surface area contributed by atoms with E-state index in [0.29, 0.717) is 17.6 Å². The summed E-state index contributed by atoms with van der Waals surface area (Å²) in [7, 11) is 0. The number of carbonyl (C=O) groups excluding carboxylic acids is 1. The first kappa shape index (κ1) is 24.7. The van der Waals surface area contributed by atoms with Gasteiger partial charge in [0.15, 0.2) is 0 Å². The first-order chi connectivity index (χ1) is 13.5. The number of rotatable bonds is 10. The van der Waals surface area contributed by atoms with E-state index in [4.69, 9.17) is 4.74 Å². The number of carbonyl (C=O) groups is 1. The predicted octanol–water partition coefficient (Wildman–Crippen LogP) is -0.747. The van der Waals surface area contributed by atoms with Crippen molar-refractivity contribution in [1.29, 1.82) is 0 Å². The molecule has 1 saturated carbocycles. The van der Waals surface area contributed by atoms with E-state index in [2.05, 4.69) is 13.0 Å². The molecule has 0 aromatic heterocycles. The summed E-state index contributed by atoms with van der Waals surface area (Å²) >= 11 is 0. The largest absolute Gasteiger partial charge is 1.00 e. The van der Waals surface area contributed by atoms with Crippen molar-refractivity contribution in [2.45, 2.75) is 76.9 Å². The Balaban J connectivity index is 0.00000300. The molecule has 1 aromatic rings.